The van der Waals surface area contributed by atoms with Gasteiger partial charge in [-0.05, 0) is 77.0 Å². The molecule has 6 heteroatoms. The Labute approximate surface area is 382 Å². The molecule has 0 bridgehead atoms. The molecule has 0 aromatic rings. The average molecular weight is 865 g/mol. The second-order valence-corrected chi connectivity index (χ2v) is 17.1. The van der Waals surface area contributed by atoms with E-state index in [4.69, 9.17) is 14.2 Å². The lowest BCUT2D eigenvalue weighted by atomic mass is 10.0. The highest BCUT2D eigenvalue weighted by Crippen LogP contribution is 2.15. The molecule has 0 aromatic heterocycles. The molecule has 0 spiro atoms. The van der Waals surface area contributed by atoms with Gasteiger partial charge in [-0.25, -0.2) is 0 Å². The summed E-state index contributed by atoms with van der Waals surface area (Å²) in [6, 6.07) is 0. The molecule has 0 aromatic carbocycles. The Balaban J connectivity index is 4.46. The number of carbonyl (C=O) groups is 3. The number of ether oxygens (including phenoxy) is 3. The number of hydrogen-bond donors (Lipinski definition) is 0. The van der Waals surface area contributed by atoms with E-state index >= 15 is 0 Å². The Bertz CT molecular complexity index is 1180. The predicted octanol–water partition coefficient (Wildman–Crippen LogP) is 17.0. The van der Waals surface area contributed by atoms with Crippen molar-refractivity contribution in [2.45, 2.75) is 252 Å². The first-order valence-electron chi connectivity index (χ1n) is 26.0. The third kappa shape index (κ3) is 47.9. The van der Waals surface area contributed by atoms with Gasteiger partial charge in [-0.2, -0.15) is 0 Å². The standard InChI is InChI=1S/C56H96O6/c1-4-7-10-13-16-19-22-24-26-28-30-31-34-37-40-43-46-49-55(58)61-52-53(51-60-54(57)48-45-42-39-36-33-21-18-15-12-9-6-3)62-56(59)50-47-44-41-38-35-32-29-27-25-23-20-17-14-11-8-5-2/h15-16,18-19,21,24,26,30-31,33,37,40,53H,4-14,17,20,22-23,25,27-29,32,34-36,38-39,41-52H2,1-3H3/b18-15-,19-16-,26-24-,31-30-,33-21-,40-37-. The van der Waals surface area contributed by atoms with E-state index in [-0.39, 0.29) is 37.5 Å². The Morgan fingerprint density at radius 1 is 0.339 bits per heavy atom. The van der Waals surface area contributed by atoms with Gasteiger partial charge in [0, 0.05) is 19.3 Å². The van der Waals surface area contributed by atoms with Crippen LogP contribution in [0, 0.1) is 0 Å². The van der Waals surface area contributed by atoms with Gasteiger partial charge in [0.2, 0.25) is 0 Å². The maximum absolute atomic E-state index is 12.8. The van der Waals surface area contributed by atoms with Crippen LogP contribution in [0.2, 0.25) is 0 Å². The van der Waals surface area contributed by atoms with Crippen LogP contribution in [0.1, 0.15) is 245 Å². The van der Waals surface area contributed by atoms with E-state index in [1.807, 2.05) is 0 Å². The second-order valence-electron chi connectivity index (χ2n) is 17.1. The first-order valence-corrected chi connectivity index (χ1v) is 26.0. The van der Waals surface area contributed by atoms with Crippen molar-refractivity contribution in [1.82, 2.24) is 0 Å². The molecule has 0 aliphatic rings. The number of carbonyl (C=O) groups excluding carboxylic acids is 3. The molecule has 0 N–H and O–H groups in total. The van der Waals surface area contributed by atoms with Crippen LogP contribution in [-0.4, -0.2) is 37.2 Å². The van der Waals surface area contributed by atoms with Crippen LogP contribution in [0.15, 0.2) is 72.9 Å². The van der Waals surface area contributed by atoms with Crippen molar-refractivity contribution in [3.05, 3.63) is 72.9 Å². The van der Waals surface area contributed by atoms with Gasteiger partial charge >= 0.3 is 17.9 Å². The van der Waals surface area contributed by atoms with Crippen LogP contribution in [-0.2, 0) is 28.6 Å². The maximum Gasteiger partial charge on any atom is 0.306 e. The number of allylic oxidation sites excluding steroid dienone is 12. The van der Waals surface area contributed by atoms with Crippen molar-refractivity contribution in [3.8, 4) is 0 Å². The topological polar surface area (TPSA) is 78.9 Å². The Kier molecular flexibility index (Phi) is 47.9. The van der Waals surface area contributed by atoms with Crippen molar-refractivity contribution in [1.29, 1.82) is 0 Å². The molecule has 356 valence electrons. The smallest absolute Gasteiger partial charge is 0.306 e. The van der Waals surface area contributed by atoms with E-state index in [9.17, 15) is 14.4 Å². The number of hydrogen-bond acceptors (Lipinski definition) is 6. The molecular weight excluding hydrogens is 769 g/mol. The molecule has 0 aliphatic heterocycles. The minimum Gasteiger partial charge on any atom is -0.462 e. The van der Waals surface area contributed by atoms with Gasteiger partial charge in [0.1, 0.15) is 13.2 Å². The zero-order valence-electron chi connectivity index (χ0n) is 40.6. The Hall–Kier alpha value is -3.15. The average Bonchev–Trinajstić information content (AvgIpc) is 3.27. The summed E-state index contributed by atoms with van der Waals surface area (Å²) >= 11 is 0. The molecule has 0 saturated heterocycles. The minimum atomic E-state index is -0.805. The van der Waals surface area contributed by atoms with Gasteiger partial charge in [0.05, 0.1) is 0 Å². The summed E-state index contributed by atoms with van der Waals surface area (Å²) in [4.78, 5) is 37.9. The molecule has 0 radical (unpaired) electrons. The van der Waals surface area contributed by atoms with Crippen LogP contribution >= 0.6 is 0 Å². The highest BCUT2D eigenvalue weighted by Gasteiger charge is 2.19. The highest BCUT2D eigenvalue weighted by molar-refractivity contribution is 5.71. The molecule has 1 atom stereocenters. The molecule has 0 saturated carbocycles. The third-order valence-corrected chi connectivity index (χ3v) is 11.0. The van der Waals surface area contributed by atoms with Crippen molar-refractivity contribution >= 4 is 17.9 Å². The molecule has 0 rings (SSSR count). The highest BCUT2D eigenvalue weighted by atomic mass is 16.6. The van der Waals surface area contributed by atoms with Crippen molar-refractivity contribution < 1.29 is 28.6 Å². The molecule has 62 heavy (non-hydrogen) atoms. The van der Waals surface area contributed by atoms with Crippen LogP contribution < -0.4 is 0 Å². The second kappa shape index (κ2) is 50.5. The van der Waals surface area contributed by atoms with Crippen LogP contribution in [0.4, 0.5) is 0 Å². The zero-order chi connectivity index (χ0) is 45.1. The summed E-state index contributed by atoms with van der Waals surface area (Å²) in [5.74, 6) is -0.985. The maximum atomic E-state index is 12.8. The fraction of sp³-hybridized carbons (Fsp3) is 0.732. The summed E-state index contributed by atoms with van der Waals surface area (Å²) in [6.07, 6.45) is 63.2. The lowest BCUT2D eigenvalue weighted by molar-refractivity contribution is -0.167. The SMILES string of the molecule is CCCC/C=C\C=C/CCCCCC(=O)OCC(COC(=O)CCC/C=C\C/C=C\C/C=C\C/C=C\CCCCC)OC(=O)CCCCCCCCCCCCCCCCCC. The van der Waals surface area contributed by atoms with Crippen LogP contribution in [0.25, 0.3) is 0 Å². The van der Waals surface area contributed by atoms with E-state index in [1.165, 1.54) is 122 Å². The van der Waals surface area contributed by atoms with Crippen LogP contribution in [0.5, 0.6) is 0 Å². The summed E-state index contributed by atoms with van der Waals surface area (Å²) in [6.45, 7) is 6.49. The van der Waals surface area contributed by atoms with E-state index in [0.29, 0.717) is 19.3 Å². The van der Waals surface area contributed by atoms with Crippen molar-refractivity contribution in [2.24, 2.45) is 0 Å². The first-order chi connectivity index (χ1) is 30.5. The van der Waals surface area contributed by atoms with Gasteiger partial charge in [-0.3, -0.25) is 14.4 Å². The van der Waals surface area contributed by atoms with Gasteiger partial charge in [0.15, 0.2) is 6.10 Å². The lowest BCUT2D eigenvalue weighted by Crippen LogP contribution is -2.30. The van der Waals surface area contributed by atoms with Crippen molar-refractivity contribution in [3.63, 3.8) is 0 Å². The summed E-state index contributed by atoms with van der Waals surface area (Å²) in [5, 5.41) is 0. The van der Waals surface area contributed by atoms with Gasteiger partial charge < -0.3 is 14.2 Å². The van der Waals surface area contributed by atoms with E-state index in [2.05, 4.69) is 93.7 Å². The number of rotatable bonds is 46. The predicted molar refractivity (Wildman–Crippen MR) is 265 cm³/mol. The molecule has 0 fully saturated rings. The zero-order valence-corrected chi connectivity index (χ0v) is 40.6. The monoisotopic (exact) mass is 865 g/mol. The molecule has 1 unspecified atom stereocenters. The summed E-state index contributed by atoms with van der Waals surface area (Å²) < 4.78 is 16.7. The third-order valence-electron chi connectivity index (χ3n) is 11.0. The Morgan fingerprint density at radius 2 is 0.661 bits per heavy atom. The molecule has 6 nitrogen and oxygen atoms in total. The van der Waals surface area contributed by atoms with E-state index < -0.39 is 6.10 Å². The number of unbranched alkanes of at least 4 members (excludes halogenated alkanes) is 24. The van der Waals surface area contributed by atoms with E-state index in [0.717, 1.165) is 77.0 Å². The lowest BCUT2D eigenvalue weighted by Gasteiger charge is -2.18. The van der Waals surface area contributed by atoms with Gasteiger partial charge in [-0.1, -0.05) is 222 Å². The quantitative estimate of drug-likeness (QED) is 0.0199. The largest absolute Gasteiger partial charge is 0.462 e. The van der Waals surface area contributed by atoms with Crippen LogP contribution in [0.3, 0.4) is 0 Å². The number of esters is 3. The normalized spacial score (nSPS) is 12.6. The summed E-state index contributed by atoms with van der Waals surface area (Å²) in [5.41, 5.74) is 0. The molecule has 0 heterocycles. The van der Waals surface area contributed by atoms with E-state index in [1.54, 1.807) is 0 Å². The first kappa shape index (κ1) is 58.9. The fourth-order valence-electron chi connectivity index (χ4n) is 7.00. The fourth-order valence-corrected chi connectivity index (χ4v) is 7.00. The van der Waals surface area contributed by atoms with Crippen molar-refractivity contribution in [2.75, 3.05) is 13.2 Å². The Morgan fingerprint density at radius 3 is 1.15 bits per heavy atom. The minimum absolute atomic E-state index is 0.105. The molecule has 0 aliphatic carbocycles. The summed E-state index contributed by atoms with van der Waals surface area (Å²) in [7, 11) is 0. The van der Waals surface area contributed by atoms with Gasteiger partial charge in [-0.15, -0.1) is 0 Å². The molecule has 0 amide bonds. The molecular formula is C56H96O6. The van der Waals surface area contributed by atoms with Gasteiger partial charge in [0.25, 0.3) is 0 Å².